The van der Waals surface area contributed by atoms with Gasteiger partial charge in [0, 0.05) is 31.3 Å². The first-order chi connectivity index (χ1) is 12.0. The molecular weight excluding hydrogens is 362 g/mol. The van der Waals surface area contributed by atoms with E-state index in [2.05, 4.69) is 0 Å². The van der Waals surface area contributed by atoms with Crippen molar-refractivity contribution < 1.29 is 23.2 Å². The Labute approximate surface area is 152 Å². The van der Waals surface area contributed by atoms with E-state index in [-0.39, 0.29) is 36.3 Å². The van der Waals surface area contributed by atoms with Gasteiger partial charge in [0.05, 0.1) is 16.4 Å². The number of likely N-dealkylation sites (N-methyl/N-ethyl adjacent to an activating group) is 1. The number of non-ortho nitro benzene ring substituents is 1. The number of benzene rings is 1. The zero-order valence-corrected chi connectivity index (χ0v) is 15.8. The minimum Gasteiger partial charge on any atom is -0.480 e. The van der Waals surface area contributed by atoms with Gasteiger partial charge in [-0.2, -0.15) is 4.31 Å². The number of aryl methyl sites for hydroxylation is 2. The Hall–Kier alpha value is -2.04. The maximum Gasteiger partial charge on any atom is 0.317 e. The van der Waals surface area contributed by atoms with Gasteiger partial charge in [0.15, 0.2) is 0 Å². The number of carboxylic acid groups (broad SMARTS) is 1. The molecular formula is C16H23N3O6S. The van der Waals surface area contributed by atoms with Gasteiger partial charge in [0.2, 0.25) is 10.0 Å². The molecule has 1 heterocycles. The average Bonchev–Trinajstić information content (AvgIpc) is 2.53. The molecule has 0 atom stereocenters. The highest BCUT2D eigenvalue weighted by Gasteiger charge is 2.33. The molecule has 1 aromatic rings. The largest absolute Gasteiger partial charge is 0.480 e. The lowest BCUT2D eigenvalue weighted by Gasteiger charge is -2.35. The summed E-state index contributed by atoms with van der Waals surface area (Å²) in [5.41, 5.74) is 0.566. The van der Waals surface area contributed by atoms with Gasteiger partial charge in [-0.3, -0.25) is 19.8 Å². The van der Waals surface area contributed by atoms with Crippen LogP contribution in [0.5, 0.6) is 0 Å². The molecule has 1 aliphatic rings. The summed E-state index contributed by atoms with van der Waals surface area (Å²) in [5, 5.41) is 19.8. The van der Waals surface area contributed by atoms with Gasteiger partial charge in [0.25, 0.3) is 5.69 Å². The molecule has 144 valence electrons. The molecule has 9 nitrogen and oxygen atoms in total. The van der Waals surface area contributed by atoms with Crippen LogP contribution in [0.4, 0.5) is 5.69 Å². The Morgan fingerprint density at radius 2 is 1.81 bits per heavy atom. The van der Waals surface area contributed by atoms with Crippen LogP contribution in [0.15, 0.2) is 17.0 Å². The molecule has 1 N–H and O–H groups in total. The van der Waals surface area contributed by atoms with Gasteiger partial charge in [-0.05, 0) is 44.9 Å². The molecule has 0 aliphatic carbocycles. The second-order valence-corrected chi connectivity index (χ2v) is 8.48. The molecule has 0 aromatic heterocycles. The van der Waals surface area contributed by atoms with E-state index in [0.717, 1.165) is 0 Å². The van der Waals surface area contributed by atoms with Crippen molar-refractivity contribution >= 4 is 21.7 Å². The summed E-state index contributed by atoms with van der Waals surface area (Å²) >= 11 is 0. The minimum atomic E-state index is -3.76. The number of hydrogen-bond acceptors (Lipinski definition) is 6. The van der Waals surface area contributed by atoms with Crippen LogP contribution in [-0.2, 0) is 14.8 Å². The fourth-order valence-corrected chi connectivity index (χ4v) is 5.32. The van der Waals surface area contributed by atoms with Crippen LogP contribution in [0.2, 0.25) is 0 Å². The Balaban J connectivity index is 2.20. The van der Waals surface area contributed by atoms with Crippen molar-refractivity contribution in [1.82, 2.24) is 9.21 Å². The third kappa shape index (κ3) is 4.19. The van der Waals surface area contributed by atoms with Crippen molar-refractivity contribution in [1.29, 1.82) is 0 Å². The van der Waals surface area contributed by atoms with Crippen molar-refractivity contribution in [2.24, 2.45) is 0 Å². The summed E-state index contributed by atoms with van der Waals surface area (Å²) in [5.74, 6) is -0.917. The predicted octanol–water partition coefficient (Wildman–Crippen LogP) is 1.38. The Morgan fingerprint density at radius 3 is 2.23 bits per heavy atom. The summed E-state index contributed by atoms with van der Waals surface area (Å²) in [6.45, 7) is 3.60. The first-order valence-corrected chi connectivity index (χ1v) is 9.66. The van der Waals surface area contributed by atoms with Crippen LogP contribution in [0.1, 0.15) is 24.0 Å². The molecule has 10 heteroatoms. The van der Waals surface area contributed by atoms with Crippen LogP contribution in [0.3, 0.4) is 0 Å². The first kappa shape index (κ1) is 20.3. The Morgan fingerprint density at radius 1 is 1.31 bits per heavy atom. The van der Waals surface area contributed by atoms with E-state index in [1.165, 1.54) is 16.4 Å². The molecule has 0 saturated carbocycles. The van der Waals surface area contributed by atoms with Crippen molar-refractivity contribution in [3.8, 4) is 0 Å². The Bertz CT molecular complexity index is 792. The van der Waals surface area contributed by atoms with Crippen LogP contribution in [0, 0.1) is 24.0 Å². The normalized spacial score (nSPS) is 16.8. The molecule has 0 amide bonds. The van der Waals surface area contributed by atoms with Gasteiger partial charge in [-0.25, -0.2) is 8.42 Å². The number of carboxylic acids is 1. The summed E-state index contributed by atoms with van der Waals surface area (Å²) in [4.78, 5) is 23.0. The fourth-order valence-electron chi connectivity index (χ4n) is 3.43. The van der Waals surface area contributed by atoms with E-state index in [1.54, 1.807) is 25.8 Å². The van der Waals surface area contributed by atoms with Crippen molar-refractivity contribution in [3.05, 3.63) is 33.4 Å². The second kappa shape index (κ2) is 7.68. The van der Waals surface area contributed by atoms with Crippen molar-refractivity contribution in [3.63, 3.8) is 0 Å². The number of nitrogens with zero attached hydrogens (tertiary/aromatic N) is 3. The third-order valence-electron chi connectivity index (χ3n) is 4.69. The molecule has 0 bridgehead atoms. The smallest absolute Gasteiger partial charge is 0.317 e. The number of carbonyl (C=O) groups is 1. The first-order valence-electron chi connectivity index (χ1n) is 8.22. The maximum atomic E-state index is 13.0. The third-order valence-corrected chi connectivity index (χ3v) is 6.89. The number of piperidine rings is 1. The SMILES string of the molecule is Cc1cc([N+](=O)[O-])cc(C)c1S(=O)(=O)N1CCC(N(C)CC(=O)O)CC1. The quantitative estimate of drug-likeness (QED) is 0.580. The number of nitro benzene ring substituents is 1. The van der Waals surface area contributed by atoms with E-state index in [0.29, 0.717) is 24.0 Å². The van der Waals surface area contributed by atoms with Crippen LogP contribution >= 0.6 is 0 Å². The van der Waals surface area contributed by atoms with E-state index in [4.69, 9.17) is 5.11 Å². The van der Waals surface area contributed by atoms with Gasteiger partial charge in [-0.1, -0.05) is 0 Å². The van der Waals surface area contributed by atoms with Gasteiger partial charge >= 0.3 is 5.97 Å². The second-order valence-electron chi connectivity index (χ2n) is 6.61. The molecule has 0 unspecified atom stereocenters. The van der Waals surface area contributed by atoms with Crippen LogP contribution in [0.25, 0.3) is 0 Å². The van der Waals surface area contributed by atoms with Crippen molar-refractivity contribution in [2.75, 3.05) is 26.7 Å². The van der Waals surface area contributed by atoms with Crippen LogP contribution < -0.4 is 0 Å². The van der Waals surface area contributed by atoms with Gasteiger partial charge in [0.1, 0.15) is 0 Å². The lowest BCUT2D eigenvalue weighted by molar-refractivity contribution is -0.385. The van der Waals surface area contributed by atoms with E-state index >= 15 is 0 Å². The molecule has 2 rings (SSSR count). The standard InChI is InChI=1S/C16H23N3O6S/c1-11-8-14(19(22)23)9-12(2)16(11)26(24,25)18-6-4-13(5-7-18)17(3)10-15(20)21/h8-9,13H,4-7,10H2,1-3H3,(H,20,21). The van der Waals surface area contributed by atoms with Gasteiger partial charge < -0.3 is 5.11 Å². The lowest BCUT2D eigenvalue weighted by atomic mass is 10.1. The molecule has 0 radical (unpaired) electrons. The number of hydrogen-bond donors (Lipinski definition) is 1. The molecule has 1 aromatic carbocycles. The number of nitro groups is 1. The Kier molecular flexibility index (Phi) is 5.99. The van der Waals surface area contributed by atoms with Gasteiger partial charge in [-0.15, -0.1) is 0 Å². The molecule has 1 aliphatic heterocycles. The fraction of sp³-hybridized carbons (Fsp3) is 0.562. The zero-order chi connectivity index (χ0) is 19.6. The monoisotopic (exact) mass is 385 g/mol. The van der Waals surface area contributed by atoms with E-state index in [1.807, 2.05) is 0 Å². The summed E-state index contributed by atoms with van der Waals surface area (Å²) in [6, 6.07) is 2.55. The highest BCUT2D eigenvalue weighted by atomic mass is 32.2. The predicted molar refractivity (Wildman–Crippen MR) is 94.6 cm³/mol. The van der Waals surface area contributed by atoms with E-state index < -0.39 is 20.9 Å². The van der Waals surface area contributed by atoms with E-state index in [9.17, 15) is 23.3 Å². The number of aliphatic carboxylic acids is 1. The molecule has 0 spiro atoms. The zero-order valence-electron chi connectivity index (χ0n) is 15.0. The maximum absolute atomic E-state index is 13.0. The number of sulfonamides is 1. The summed E-state index contributed by atoms with van der Waals surface area (Å²) in [7, 11) is -2.05. The number of rotatable bonds is 6. The van der Waals surface area contributed by atoms with Crippen molar-refractivity contribution in [2.45, 2.75) is 37.6 Å². The summed E-state index contributed by atoms with van der Waals surface area (Å²) in [6.07, 6.45) is 1.07. The average molecular weight is 385 g/mol. The lowest BCUT2D eigenvalue weighted by Crippen LogP contribution is -2.46. The molecule has 1 fully saturated rings. The summed E-state index contributed by atoms with van der Waals surface area (Å²) < 4.78 is 27.4. The highest BCUT2D eigenvalue weighted by Crippen LogP contribution is 2.30. The van der Waals surface area contributed by atoms with Crippen LogP contribution in [-0.4, -0.2) is 66.3 Å². The highest BCUT2D eigenvalue weighted by molar-refractivity contribution is 7.89. The molecule has 1 saturated heterocycles. The molecule has 26 heavy (non-hydrogen) atoms. The topological polar surface area (TPSA) is 121 Å². The minimum absolute atomic E-state index is 0.0107.